The van der Waals surface area contributed by atoms with Crippen LogP contribution in [0.25, 0.3) is 0 Å². The fraction of sp³-hybridized carbons (Fsp3) is 0.692. The van der Waals surface area contributed by atoms with Crippen molar-refractivity contribution in [3.63, 3.8) is 0 Å². The van der Waals surface area contributed by atoms with Crippen molar-refractivity contribution in [1.82, 2.24) is 4.57 Å². The van der Waals surface area contributed by atoms with Crippen molar-refractivity contribution in [2.75, 3.05) is 0 Å². The van der Waals surface area contributed by atoms with Crippen molar-refractivity contribution in [3.05, 3.63) is 23.5 Å². The van der Waals surface area contributed by atoms with E-state index in [9.17, 15) is 0 Å². The first kappa shape index (κ1) is 11.4. The summed E-state index contributed by atoms with van der Waals surface area (Å²) in [6.45, 7) is 13.5. The lowest BCUT2D eigenvalue weighted by Gasteiger charge is -2.08. The highest BCUT2D eigenvalue weighted by Crippen LogP contribution is 2.28. The summed E-state index contributed by atoms with van der Waals surface area (Å²) in [5.74, 6) is 1.26. The van der Waals surface area contributed by atoms with E-state index in [-0.39, 0.29) is 0 Å². The Bertz CT molecular complexity index is 267. The van der Waals surface area contributed by atoms with Crippen LogP contribution in [0.5, 0.6) is 0 Å². The van der Waals surface area contributed by atoms with Gasteiger partial charge in [0, 0.05) is 18.4 Å². The number of hydrogen-bond donors (Lipinski definition) is 0. The molecule has 0 atom stereocenters. The van der Waals surface area contributed by atoms with Crippen LogP contribution < -0.4 is 0 Å². The number of aromatic nitrogens is 1. The van der Waals surface area contributed by atoms with Crippen LogP contribution in [0.4, 0.5) is 0 Å². The van der Waals surface area contributed by atoms with E-state index in [0.717, 1.165) is 0 Å². The van der Waals surface area contributed by atoms with Gasteiger partial charge in [-0.3, -0.25) is 0 Å². The summed E-state index contributed by atoms with van der Waals surface area (Å²) in [6, 6.07) is 0.569. The molecule has 0 saturated carbocycles. The van der Waals surface area contributed by atoms with E-state index in [1.54, 1.807) is 0 Å². The monoisotopic (exact) mass is 193 g/mol. The highest BCUT2D eigenvalue weighted by molar-refractivity contribution is 5.30. The second-order valence-electron chi connectivity index (χ2n) is 5.02. The second-order valence-corrected chi connectivity index (χ2v) is 5.02. The Morgan fingerprint density at radius 2 is 1.14 bits per heavy atom. The lowest BCUT2D eigenvalue weighted by molar-refractivity contribution is 0.599. The summed E-state index contributed by atoms with van der Waals surface area (Å²) in [5, 5.41) is 0. The number of nitrogens with zero attached hydrogens (tertiary/aromatic N) is 1. The number of hydrogen-bond acceptors (Lipinski definition) is 0. The minimum absolute atomic E-state index is 0.569. The predicted octanol–water partition coefficient (Wildman–Crippen LogP) is 4.32. The van der Waals surface area contributed by atoms with Crippen LogP contribution in [0.1, 0.15) is 70.5 Å². The summed E-state index contributed by atoms with van der Waals surface area (Å²) in [5.41, 5.74) is 3.02. The van der Waals surface area contributed by atoms with Crippen LogP contribution in [0.2, 0.25) is 0 Å². The summed E-state index contributed by atoms with van der Waals surface area (Å²) in [7, 11) is 0. The average Bonchev–Trinajstić information content (AvgIpc) is 2.47. The quantitative estimate of drug-likeness (QED) is 0.674. The van der Waals surface area contributed by atoms with Gasteiger partial charge in [0.1, 0.15) is 0 Å². The van der Waals surface area contributed by atoms with E-state index in [0.29, 0.717) is 17.9 Å². The van der Waals surface area contributed by atoms with Gasteiger partial charge in [0.05, 0.1) is 0 Å². The van der Waals surface area contributed by atoms with Crippen molar-refractivity contribution in [2.45, 2.75) is 59.4 Å². The van der Waals surface area contributed by atoms with Crippen LogP contribution in [0, 0.1) is 0 Å². The Morgan fingerprint density at radius 1 is 0.786 bits per heavy atom. The molecular formula is C13H23N. The zero-order valence-corrected chi connectivity index (χ0v) is 10.3. The predicted molar refractivity (Wildman–Crippen MR) is 63.0 cm³/mol. The topological polar surface area (TPSA) is 4.93 Å². The van der Waals surface area contributed by atoms with Gasteiger partial charge in [0.2, 0.25) is 0 Å². The first-order valence-corrected chi connectivity index (χ1v) is 5.64. The molecule has 1 aromatic rings. The third-order valence-corrected chi connectivity index (χ3v) is 2.75. The molecule has 1 nitrogen and oxygen atoms in total. The molecule has 14 heavy (non-hydrogen) atoms. The SMILES string of the molecule is CC(C)c1cn(C(C)C)cc1C(C)C. The molecule has 0 bridgehead atoms. The van der Waals surface area contributed by atoms with E-state index in [1.807, 2.05) is 0 Å². The molecule has 1 aromatic heterocycles. The smallest absolute Gasteiger partial charge is 0.0274 e. The Balaban J connectivity index is 3.12. The standard InChI is InChI=1S/C13H23N/c1-9(2)12-7-14(11(5)6)8-13(12)10(3)4/h7-11H,1-6H3. The molecule has 0 radical (unpaired) electrons. The maximum absolute atomic E-state index is 2.32. The molecule has 1 heteroatoms. The van der Waals surface area contributed by atoms with Crippen LogP contribution in [0.3, 0.4) is 0 Å². The highest BCUT2D eigenvalue weighted by atomic mass is 15.0. The normalized spacial score (nSPS) is 12.1. The molecule has 1 heterocycles. The lowest BCUT2D eigenvalue weighted by Crippen LogP contribution is -1.96. The van der Waals surface area contributed by atoms with Gasteiger partial charge >= 0.3 is 0 Å². The van der Waals surface area contributed by atoms with Gasteiger partial charge in [0.15, 0.2) is 0 Å². The number of rotatable bonds is 3. The summed E-state index contributed by atoms with van der Waals surface area (Å²) in [6.07, 6.45) is 4.62. The molecule has 80 valence electrons. The van der Waals surface area contributed by atoms with Crippen molar-refractivity contribution in [2.24, 2.45) is 0 Å². The van der Waals surface area contributed by atoms with Crippen molar-refractivity contribution in [3.8, 4) is 0 Å². The molecule has 1 rings (SSSR count). The molecule has 0 spiro atoms. The van der Waals surface area contributed by atoms with Gasteiger partial charge in [0.25, 0.3) is 0 Å². The molecule has 0 N–H and O–H groups in total. The Labute approximate surface area is 88.1 Å². The fourth-order valence-corrected chi connectivity index (χ4v) is 1.77. The van der Waals surface area contributed by atoms with E-state index in [4.69, 9.17) is 0 Å². The van der Waals surface area contributed by atoms with Crippen LogP contribution in [-0.4, -0.2) is 4.57 Å². The van der Waals surface area contributed by atoms with E-state index < -0.39 is 0 Å². The van der Waals surface area contributed by atoms with Crippen molar-refractivity contribution in [1.29, 1.82) is 0 Å². The van der Waals surface area contributed by atoms with Crippen molar-refractivity contribution < 1.29 is 0 Å². The second kappa shape index (κ2) is 4.20. The molecule has 0 amide bonds. The molecular weight excluding hydrogens is 170 g/mol. The third-order valence-electron chi connectivity index (χ3n) is 2.75. The molecule has 0 unspecified atom stereocenters. The summed E-state index contributed by atoms with van der Waals surface area (Å²) in [4.78, 5) is 0. The molecule has 0 aliphatic heterocycles. The van der Waals surface area contributed by atoms with Crippen LogP contribution in [0.15, 0.2) is 12.4 Å². The molecule has 0 fully saturated rings. The Morgan fingerprint density at radius 3 is 1.36 bits per heavy atom. The largest absolute Gasteiger partial charge is 0.351 e. The summed E-state index contributed by atoms with van der Waals surface area (Å²) >= 11 is 0. The van der Waals surface area contributed by atoms with E-state index in [1.165, 1.54) is 11.1 Å². The maximum atomic E-state index is 2.32. The van der Waals surface area contributed by atoms with Crippen LogP contribution >= 0.6 is 0 Å². The highest BCUT2D eigenvalue weighted by Gasteiger charge is 2.13. The molecule has 0 aliphatic rings. The van der Waals surface area contributed by atoms with Gasteiger partial charge in [-0.1, -0.05) is 27.7 Å². The minimum Gasteiger partial charge on any atom is -0.351 e. The van der Waals surface area contributed by atoms with Gasteiger partial charge in [-0.05, 0) is 36.8 Å². The Kier molecular flexibility index (Phi) is 3.41. The molecule has 0 saturated heterocycles. The van der Waals surface area contributed by atoms with Crippen LogP contribution in [-0.2, 0) is 0 Å². The maximum Gasteiger partial charge on any atom is 0.0274 e. The average molecular weight is 193 g/mol. The van der Waals surface area contributed by atoms with Crippen molar-refractivity contribution >= 4 is 0 Å². The third kappa shape index (κ3) is 2.20. The van der Waals surface area contributed by atoms with E-state index >= 15 is 0 Å². The zero-order chi connectivity index (χ0) is 10.9. The Hall–Kier alpha value is -0.720. The van der Waals surface area contributed by atoms with Gasteiger partial charge in [-0.2, -0.15) is 0 Å². The lowest BCUT2D eigenvalue weighted by atomic mass is 9.95. The summed E-state index contributed by atoms with van der Waals surface area (Å²) < 4.78 is 2.32. The van der Waals surface area contributed by atoms with Gasteiger partial charge in [-0.15, -0.1) is 0 Å². The minimum atomic E-state index is 0.569. The van der Waals surface area contributed by atoms with Gasteiger partial charge in [-0.25, -0.2) is 0 Å². The first-order chi connectivity index (χ1) is 6.43. The van der Waals surface area contributed by atoms with Gasteiger partial charge < -0.3 is 4.57 Å². The molecule has 0 aromatic carbocycles. The first-order valence-electron chi connectivity index (χ1n) is 5.64. The fourth-order valence-electron chi connectivity index (χ4n) is 1.77. The molecule has 0 aliphatic carbocycles. The van der Waals surface area contributed by atoms with E-state index in [2.05, 4.69) is 58.5 Å². The zero-order valence-electron chi connectivity index (χ0n) is 10.3.